The Balaban J connectivity index is 0.00000220. The van der Waals surface area contributed by atoms with Gasteiger partial charge in [0.25, 0.3) is 0 Å². The molecule has 5 nitrogen and oxygen atoms in total. The number of halogens is 1. The largest absolute Gasteiger partial charge is 0.354 e. The molecule has 2 fully saturated rings. The molecule has 2 aliphatic rings. The summed E-state index contributed by atoms with van der Waals surface area (Å²) < 4.78 is 0. The highest BCUT2D eigenvalue weighted by atomic mass is 35.5. The van der Waals surface area contributed by atoms with Crippen LogP contribution in [-0.2, 0) is 9.59 Å². The lowest BCUT2D eigenvalue weighted by molar-refractivity contribution is -0.138. The number of likely N-dealkylation sites (tertiary alicyclic amines) is 1. The van der Waals surface area contributed by atoms with Gasteiger partial charge in [0, 0.05) is 19.5 Å². The van der Waals surface area contributed by atoms with E-state index in [1.54, 1.807) is 4.90 Å². The molecule has 0 aromatic rings. The molecule has 0 spiro atoms. The van der Waals surface area contributed by atoms with Crippen LogP contribution in [0.5, 0.6) is 0 Å². The van der Waals surface area contributed by atoms with E-state index in [4.69, 9.17) is 0 Å². The first-order valence-electron chi connectivity index (χ1n) is 8.00. The second-order valence-electron chi connectivity index (χ2n) is 5.95. The van der Waals surface area contributed by atoms with Gasteiger partial charge in [0.1, 0.15) is 6.04 Å². The molecular formula is C15H28ClN3O2. The van der Waals surface area contributed by atoms with E-state index in [1.807, 2.05) is 6.92 Å². The van der Waals surface area contributed by atoms with Gasteiger partial charge in [0.2, 0.25) is 11.8 Å². The maximum Gasteiger partial charge on any atom is 0.242 e. The number of hydrogen-bond donors (Lipinski definition) is 2. The Hall–Kier alpha value is -0.810. The second kappa shape index (κ2) is 9.26. The average Bonchev–Trinajstić information content (AvgIpc) is 2.96. The van der Waals surface area contributed by atoms with Crippen LogP contribution in [-0.4, -0.2) is 48.9 Å². The Kier molecular flexibility index (Phi) is 8.04. The molecule has 0 aromatic carbocycles. The molecule has 122 valence electrons. The molecule has 6 heteroatoms. The molecule has 0 saturated carbocycles. The first-order valence-corrected chi connectivity index (χ1v) is 8.00. The van der Waals surface area contributed by atoms with Gasteiger partial charge in [-0.2, -0.15) is 0 Å². The molecule has 2 aliphatic heterocycles. The fraction of sp³-hybridized carbons (Fsp3) is 0.867. The van der Waals surface area contributed by atoms with E-state index in [2.05, 4.69) is 10.6 Å². The van der Waals surface area contributed by atoms with Crippen LogP contribution in [0.25, 0.3) is 0 Å². The first-order chi connectivity index (χ1) is 9.72. The predicted octanol–water partition coefficient (Wildman–Crippen LogP) is 1.32. The van der Waals surface area contributed by atoms with Crippen LogP contribution < -0.4 is 10.6 Å². The van der Waals surface area contributed by atoms with Crippen LogP contribution in [0, 0.1) is 5.92 Å². The molecule has 0 bridgehead atoms. The number of carbonyl (C=O) groups excluding carboxylic acids is 2. The van der Waals surface area contributed by atoms with Crippen LogP contribution in [0.3, 0.4) is 0 Å². The fourth-order valence-corrected chi connectivity index (χ4v) is 3.16. The molecule has 2 N–H and O–H groups in total. The molecule has 2 rings (SSSR count). The van der Waals surface area contributed by atoms with Crippen LogP contribution >= 0.6 is 12.4 Å². The average molecular weight is 318 g/mol. The van der Waals surface area contributed by atoms with Crippen molar-refractivity contribution in [2.24, 2.45) is 5.92 Å². The molecule has 2 saturated heterocycles. The van der Waals surface area contributed by atoms with Crippen molar-refractivity contribution >= 4 is 24.2 Å². The zero-order valence-electron chi connectivity index (χ0n) is 12.9. The number of carbonyl (C=O) groups is 2. The summed E-state index contributed by atoms with van der Waals surface area (Å²) in [7, 11) is 0. The fourth-order valence-electron chi connectivity index (χ4n) is 3.16. The molecule has 21 heavy (non-hydrogen) atoms. The molecule has 2 unspecified atom stereocenters. The summed E-state index contributed by atoms with van der Waals surface area (Å²) in [4.78, 5) is 26.1. The predicted molar refractivity (Wildman–Crippen MR) is 85.5 cm³/mol. The van der Waals surface area contributed by atoms with Crippen molar-refractivity contribution in [2.45, 2.75) is 51.5 Å². The number of hydrogen-bond acceptors (Lipinski definition) is 3. The molecule has 2 atom stereocenters. The van der Waals surface area contributed by atoms with Gasteiger partial charge in [-0.25, -0.2) is 0 Å². The Morgan fingerprint density at radius 3 is 2.76 bits per heavy atom. The van der Waals surface area contributed by atoms with Gasteiger partial charge in [-0.05, 0) is 51.1 Å². The zero-order chi connectivity index (χ0) is 14.4. The molecule has 0 radical (unpaired) electrons. The van der Waals surface area contributed by atoms with Crippen LogP contribution in [0.15, 0.2) is 0 Å². The SMILES string of the molecule is CCCC(=O)N1CCCC1C(=O)NCC1CCCNC1.Cl. The van der Waals surface area contributed by atoms with Gasteiger partial charge in [-0.3, -0.25) is 9.59 Å². The highest BCUT2D eigenvalue weighted by molar-refractivity contribution is 5.88. The van der Waals surface area contributed by atoms with Crippen molar-refractivity contribution in [1.29, 1.82) is 0 Å². The number of amides is 2. The van der Waals surface area contributed by atoms with Crippen LogP contribution in [0.1, 0.15) is 45.4 Å². The van der Waals surface area contributed by atoms with E-state index in [1.165, 1.54) is 12.8 Å². The standard InChI is InChI=1S/C15H27N3O2.ClH/c1-2-5-14(19)18-9-4-7-13(18)15(20)17-11-12-6-3-8-16-10-12;/h12-13,16H,2-11H2,1H3,(H,17,20);1H. The Morgan fingerprint density at radius 1 is 1.29 bits per heavy atom. The summed E-state index contributed by atoms with van der Waals surface area (Å²) >= 11 is 0. The maximum atomic E-state index is 12.3. The Morgan fingerprint density at radius 2 is 2.10 bits per heavy atom. The molecule has 0 aliphatic carbocycles. The lowest BCUT2D eigenvalue weighted by atomic mass is 9.99. The highest BCUT2D eigenvalue weighted by Gasteiger charge is 2.33. The van der Waals surface area contributed by atoms with Crippen molar-refractivity contribution in [3.8, 4) is 0 Å². The number of piperidine rings is 1. The summed E-state index contributed by atoms with van der Waals surface area (Å²) in [6, 6.07) is -0.231. The third-order valence-electron chi connectivity index (χ3n) is 4.30. The quantitative estimate of drug-likeness (QED) is 0.804. The maximum absolute atomic E-state index is 12.3. The summed E-state index contributed by atoms with van der Waals surface area (Å²) in [5.74, 6) is 0.705. The van der Waals surface area contributed by atoms with E-state index in [-0.39, 0.29) is 30.3 Å². The third kappa shape index (κ3) is 5.15. The second-order valence-corrected chi connectivity index (χ2v) is 5.95. The summed E-state index contributed by atoms with van der Waals surface area (Å²) in [5, 5.41) is 6.40. The highest BCUT2D eigenvalue weighted by Crippen LogP contribution is 2.19. The minimum absolute atomic E-state index is 0. The van der Waals surface area contributed by atoms with E-state index in [0.29, 0.717) is 12.3 Å². The Bertz CT molecular complexity index is 346. The third-order valence-corrected chi connectivity index (χ3v) is 4.30. The zero-order valence-corrected chi connectivity index (χ0v) is 13.7. The summed E-state index contributed by atoms with van der Waals surface area (Å²) in [5.41, 5.74) is 0. The molecule has 2 amide bonds. The van der Waals surface area contributed by atoms with Crippen molar-refractivity contribution < 1.29 is 9.59 Å². The number of nitrogens with one attached hydrogen (secondary N) is 2. The normalized spacial score (nSPS) is 25.3. The topological polar surface area (TPSA) is 61.4 Å². The smallest absolute Gasteiger partial charge is 0.242 e. The summed E-state index contributed by atoms with van der Waals surface area (Å²) in [6.07, 6.45) is 5.51. The molecule has 2 heterocycles. The van der Waals surface area contributed by atoms with Gasteiger partial charge in [-0.15, -0.1) is 12.4 Å². The molecular weight excluding hydrogens is 290 g/mol. The van der Waals surface area contributed by atoms with E-state index >= 15 is 0 Å². The Labute approximate surface area is 133 Å². The van der Waals surface area contributed by atoms with E-state index in [0.717, 1.165) is 45.4 Å². The lowest BCUT2D eigenvalue weighted by Crippen LogP contribution is -2.48. The van der Waals surface area contributed by atoms with Crippen molar-refractivity contribution in [1.82, 2.24) is 15.5 Å². The van der Waals surface area contributed by atoms with Crippen molar-refractivity contribution in [3.05, 3.63) is 0 Å². The van der Waals surface area contributed by atoms with Crippen LogP contribution in [0.4, 0.5) is 0 Å². The summed E-state index contributed by atoms with van der Waals surface area (Å²) in [6.45, 7) is 5.55. The van der Waals surface area contributed by atoms with E-state index in [9.17, 15) is 9.59 Å². The number of nitrogens with zero attached hydrogens (tertiary/aromatic N) is 1. The number of rotatable bonds is 5. The first kappa shape index (κ1) is 18.2. The van der Waals surface area contributed by atoms with Gasteiger partial charge < -0.3 is 15.5 Å². The van der Waals surface area contributed by atoms with Crippen LogP contribution in [0.2, 0.25) is 0 Å². The molecule has 0 aromatic heterocycles. The van der Waals surface area contributed by atoms with Crippen molar-refractivity contribution in [3.63, 3.8) is 0 Å². The van der Waals surface area contributed by atoms with Gasteiger partial charge in [-0.1, -0.05) is 6.92 Å². The van der Waals surface area contributed by atoms with Gasteiger partial charge in [0.15, 0.2) is 0 Å². The van der Waals surface area contributed by atoms with Gasteiger partial charge in [0.05, 0.1) is 0 Å². The van der Waals surface area contributed by atoms with E-state index < -0.39 is 0 Å². The van der Waals surface area contributed by atoms with Gasteiger partial charge >= 0.3 is 0 Å². The van der Waals surface area contributed by atoms with Crippen molar-refractivity contribution in [2.75, 3.05) is 26.2 Å². The minimum atomic E-state index is -0.231. The minimum Gasteiger partial charge on any atom is -0.354 e. The monoisotopic (exact) mass is 317 g/mol. The lowest BCUT2D eigenvalue weighted by Gasteiger charge is -2.26.